The summed E-state index contributed by atoms with van der Waals surface area (Å²) in [6, 6.07) is 0. The predicted octanol–water partition coefficient (Wildman–Crippen LogP) is 2.13. The lowest BCUT2D eigenvalue weighted by atomic mass is 10.5. The zero-order valence-corrected chi connectivity index (χ0v) is 5.17. The molecule has 1 aromatic rings. The normalized spacial score (nSPS) is 8.73. The molecule has 1 heterocycles. The van der Waals surface area contributed by atoms with Crippen LogP contribution in [0.2, 0.25) is 0 Å². The maximum Gasteiger partial charge on any atom is 0.316 e. The summed E-state index contributed by atoms with van der Waals surface area (Å²) in [5, 5.41) is 13.2. The molecule has 0 aliphatic heterocycles. The van der Waals surface area contributed by atoms with Gasteiger partial charge in [-0.05, 0) is 5.53 Å². The molecule has 1 rings (SSSR count). The molecule has 0 amide bonds. The van der Waals surface area contributed by atoms with Gasteiger partial charge in [-0.25, -0.2) is 0 Å². The van der Waals surface area contributed by atoms with E-state index in [9.17, 15) is 10.1 Å². The second kappa shape index (κ2) is 2.72. The van der Waals surface area contributed by atoms with E-state index in [2.05, 4.69) is 14.4 Å². The van der Waals surface area contributed by atoms with E-state index in [-0.39, 0.29) is 11.4 Å². The molecule has 0 fully saturated rings. The molecule has 0 radical (unpaired) electrons. The summed E-state index contributed by atoms with van der Waals surface area (Å²) in [5.41, 5.74) is 7.49. The quantitative estimate of drug-likeness (QED) is 0.214. The average molecular weight is 154 g/mol. The molecular formula is C4H2N4O3. The van der Waals surface area contributed by atoms with Crippen molar-refractivity contribution in [1.82, 2.24) is 0 Å². The van der Waals surface area contributed by atoms with Crippen LogP contribution in [0, 0.1) is 10.1 Å². The lowest BCUT2D eigenvalue weighted by Crippen LogP contribution is -1.83. The van der Waals surface area contributed by atoms with Crippen molar-refractivity contribution in [3.8, 4) is 0 Å². The van der Waals surface area contributed by atoms with Crippen molar-refractivity contribution < 1.29 is 9.34 Å². The van der Waals surface area contributed by atoms with Gasteiger partial charge in [-0.15, -0.1) is 0 Å². The Labute approximate surface area is 60.0 Å². The molecule has 56 valence electrons. The fourth-order valence-corrected chi connectivity index (χ4v) is 0.543. The summed E-state index contributed by atoms with van der Waals surface area (Å²) in [6.07, 6.45) is 1.92. The highest BCUT2D eigenvalue weighted by molar-refractivity contribution is 5.53. The molecule has 11 heavy (non-hydrogen) atoms. The van der Waals surface area contributed by atoms with E-state index in [4.69, 9.17) is 5.53 Å². The van der Waals surface area contributed by atoms with E-state index in [0.29, 0.717) is 0 Å². The molecule has 0 spiro atoms. The van der Waals surface area contributed by atoms with Gasteiger partial charge in [0.15, 0.2) is 12.0 Å². The molecule has 0 atom stereocenters. The number of hydrogen-bond donors (Lipinski definition) is 0. The minimum absolute atomic E-state index is 0.113. The van der Waals surface area contributed by atoms with E-state index < -0.39 is 4.92 Å². The third-order valence-electron chi connectivity index (χ3n) is 0.971. The average Bonchev–Trinajstić information content (AvgIpc) is 2.36. The second-order valence-corrected chi connectivity index (χ2v) is 1.59. The first-order chi connectivity index (χ1) is 5.25. The molecule has 0 N–H and O–H groups in total. The molecule has 0 aliphatic carbocycles. The van der Waals surface area contributed by atoms with E-state index >= 15 is 0 Å². The number of furan rings is 1. The van der Waals surface area contributed by atoms with E-state index in [1.54, 1.807) is 0 Å². The third-order valence-corrected chi connectivity index (χ3v) is 0.971. The van der Waals surface area contributed by atoms with Crippen LogP contribution in [0.3, 0.4) is 0 Å². The van der Waals surface area contributed by atoms with Crippen molar-refractivity contribution in [3.05, 3.63) is 33.1 Å². The first-order valence-corrected chi connectivity index (χ1v) is 2.51. The number of nitro groups is 1. The van der Waals surface area contributed by atoms with Crippen LogP contribution in [0.1, 0.15) is 0 Å². The van der Waals surface area contributed by atoms with Gasteiger partial charge in [-0.2, -0.15) is 0 Å². The first kappa shape index (κ1) is 7.10. The van der Waals surface area contributed by atoms with Crippen LogP contribution in [0.5, 0.6) is 0 Å². The van der Waals surface area contributed by atoms with Gasteiger partial charge in [0.1, 0.15) is 6.26 Å². The summed E-state index contributed by atoms with van der Waals surface area (Å²) in [7, 11) is 0. The summed E-state index contributed by atoms with van der Waals surface area (Å²) >= 11 is 0. The van der Waals surface area contributed by atoms with Crippen molar-refractivity contribution in [2.45, 2.75) is 0 Å². The van der Waals surface area contributed by atoms with Crippen molar-refractivity contribution in [1.29, 1.82) is 0 Å². The Kier molecular flexibility index (Phi) is 1.75. The highest BCUT2D eigenvalue weighted by atomic mass is 16.6. The van der Waals surface area contributed by atoms with Crippen molar-refractivity contribution in [2.24, 2.45) is 5.11 Å². The standard InChI is InChI=1S/C4H2N4O3/c5-7-6-3-1-11-2-4(3)8(9)10/h1-2H. The summed E-state index contributed by atoms with van der Waals surface area (Å²) in [5.74, 6) is 0. The summed E-state index contributed by atoms with van der Waals surface area (Å²) < 4.78 is 4.45. The Morgan fingerprint density at radius 3 is 3.00 bits per heavy atom. The molecule has 7 nitrogen and oxygen atoms in total. The zero-order chi connectivity index (χ0) is 8.27. The van der Waals surface area contributed by atoms with Gasteiger partial charge < -0.3 is 4.42 Å². The Bertz CT molecular complexity index is 307. The maximum atomic E-state index is 10.1. The fraction of sp³-hybridized carbons (Fsp3) is 0. The summed E-state index contributed by atoms with van der Waals surface area (Å²) in [4.78, 5) is 11.8. The van der Waals surface area contributed by atoms with Gasteiger partial charge >= 0.3 is 5.69 Å². The lowest BCUT2D eigenvalue weighted by molar-refractivity contribution is -0.384. The number of nitrogens with zero attached hydrogens (tertiary/aromatic N) is 4. The largest absolute Gasteiger partial charge is 0.465 e. The molecule has 0 bridgehead atoms. The Morgan fingerprint density at radius 1 is 1.73 bits per heavy atom. The summed E-state index contributed by atoms with van der Waals surface area (Å²) in [6.45, 7) is 0. The van der Waals surface area contributed by atoms with Crippen LogP contribution >= 0.6 is 0 Å². The van der Waals surface area contributed by atoms with Crippen LogP contribution in [0.25, 0.3) is 10.4 Å². The first-order valence-electron chi connectivity index (χ1n) is 2.51. The van der Waals surface area contributed by atoms with Crippen LogP contribution in [0.15, 0.2) is 22.1 Å². The highest BCUT2D eigenvalue weighted by Gasteiger charge is 2.13. The van der Waals surface area contributed by atoms with E-state index in [0.717, 1.165) is 12.5 Å². The van der Waals surface area contributed by atoms with Gasteiger partial charge in [-0.3, -0.25) is 10.1 Å². The smallest absolute Gasteiger partial charge is 0.316 e. The van der Waals surface area contributed by atoms with Crippen molar-refractivity contribution >= 4 is 11.4 Å². The molecule has 0 saturated carbocycles. The van der Waals surface area contributed by atoms with Crippen LogP contribution in [-0.4, -0.2) is 4.92 Å². The number of rotatable bonds is 2. The minimum atomic E-state index is -0.687. The minimum Gasteiger partial charge on any atom is -0.465 e. The SMILES string of the molecule is [N-]=[N+]=Nc1cocc1[N+](=O)[O-]. The molecular weight excluding hydrogens is 152 g/mol. The molecule has 7 heteroatoms. The monoisotopic (exact) mass is 154 g/mol. The number of azide groups is 1. The zero-order valence-electron chi connectivity index (χ0n) is 5.17. The molecule has 0 unspecified atom stereocenters. The molecule has 0 aromatic carbocycles. The Morgan fingerprint density at radius 2 is 2.45 bits per heavy atom. The van der Waals surface area contributed by atoms with Crippen LogP contribution < -0.4 is 0 Å². The topological polar surface area (TPSA) is 105 Å². The lowest BCUT2D eigenvalue weighted by Gasteiger charge is -1.82. The van der Waals surface area contributed by atoms with Gasteiger partial charge in [0.25, 0.3) is 0 Å². The van der Waals surface area contributed by atoms with Crippen molar-refractivity contribution in [3.63, 3.8) is 0 Å². The van der Waals surface area contributed by atoms with Gasteiger partial charge in [0.2, 0.25) is 0 Å². The van der Waals surface area contributed by atoms with E-state index in [1.807, 2.05) is 0 Å². The fourth-order valence-electron chi connectivity index (χ4n) is 0.543. The van der Waals surface area contributed by atoms with Gasteiger partial charge in [0.05, 0.1) is 4.92 Å². The van der Waals surface area contributed by atoms with Gasteiger partial charge in [-0.1, -0.05) is 5.11 Å². The molecule has 0 saturated heterocycles. The van der Waals surface area contributed by atoms with Crippen LogP contribution in [0.4, 0.5) is 11.4 Å². The maximum absolute atomic E-state index is 10.1. The van der Waals surface area contributed by atoms with Crippen LogP contribution in [-0.2, 0) is 0 Å². The Balaban J connectivity index is 3.15. The highest BCUT2D eigenvalue weighted by Crippen LogP contribution is 2.27. The van der Waals surface area contributed by atoms with Gasteiger partial charge in [0, 0.05) is 4.91 Å². The predicted molar refractivity (Wildman–Crippen MR) is 34.2 cm³/mol. The molecule has 0 aliphatic rings. The molecule has 1 aromatic heterocycles. The second-order valence-electron chi connectivity index (χ2n) is 1.59. The number of hydrogen-bond acceptors (Lipinski definition) is 4. The van der Waals surface area contributed by atoms with Crippen molar-refractivity contribution in [2.75, 3.05) is 0 Å². The van der Waals surface area contributed by atoms with E-state index in [1.165, 1.54) is 0 Å². The Hall–Kier alpha value is -2.01. The third kappa shape index (κ3) is 1.28.